The predicted molar refractivity (Wildman–Crippen MR) is 105 cm³/mol. The summed E-state index contributed by atoms with van der Waals surface area (Å²) in [6.45, 7) is 2.09. The van der Waals surface area contributed by atoms with Crippen molar-refractivity contribution in [2.24, 2.45) is 5.92 Å². The Balaban J connectivity index is 1.74. The molecule has 0 unspecified atom stereocenters. The van der Waals surface area contributed by atoms with E-state index in [-0.39, 0.29) is 17.5 Å². The Morgan fingerprint density at radius 2 is 2.04 bits per heavy atom. The fourth-order valence-corrected chi connectivity index (χ4v) is 3.75. The smallest absolute Gasteiger partial charge is 0.170 e. The number of hydrogen-bond acceptors (Lipinski definition) is 5. The molecule has 1 saturated heterocycles. The maximum atomic E-state index is 13.1. The molecule has 5 nitrogen and oxygen atoms in total. The molecule has 1 aliphatic heterocycles. The number of ether oxygens (including phenoxy) is 2. The van der Waals surface area contributed by atoms with Gasteiger partial charge in [0, 0.05) is 35.7 Å². The summed E-state index contributed by atoms with van der Waals surface area (Å²) >= 11 is 6.04. The normalized spacial score (nSPS) is 17.5. The highest BCUT2D eigenvalue weighted by atomic mass is 35.5. The van der Waals surface area contributed by atoms with E-state index < -0.39 is 0 Å². The topological polar surface area (TPSA) is 59.0 Å². The average Bonchev–Trinajstić information content (AvgIpc) is 2.70. The first kappa shape index (κ1) is 19.5. The first-order valence-corrected chi connectivity index (χ1v) is 9.35. The number of phenols is 1. The number of hydrogen-bond donors (Lipinski definition) is 1. The molecule has 0 bridgehead atoms. The summed E-state index contributed by atoms with van der Waals surface area (Å²) < 4.78 is 10.6. The molecule has 1 atom stereocenters. The third-order valence-corrected chi connectivity index (χ3v) is 5.22. The monoisotopic (exact) mass is 389 g/mol. The summed E-state index contributed by atoms with van der Waals surface area (Å²) in [5.41, 5.74) is 1.35. The number of piperidine rings is 1. The van der Waals surface area contributed by atoms with Gasteiger partial charge in [0.05, 0.1) is 19.8 Å². The molecule has 0 aromatic heterocycles. The molecule has 2 aromatic rings. The van der Waals surface area contributed by atoms with E-state index in [0.717, 1.165) is 24.9 Å². The molecular weight excluding hydrogens is 366 g/mol. The van der Waals surface area contributed by atoms with Gasteiger partial charge in [-0.25, -0.2) is 0 Å². The number of halogens is 1. The van der Waals surface area contributed by atoms with Crippen LogP contribution in [0.4, 0.5) is 0 Å². The van der Waals surface area contributed by atoms with Gasteiger partial charge >= 0.3 is 0 Å². The van der Waals surface area contributed by atoms with Crippen LogP contribution in [0.3, 0.4) is 0 Å². The predicted octanol–water partition coefficient (Wildman–Crippen LogP) is 4.16. The zero-order valence-electron chi connectivity index (χ0n) is 15.6. The molecular formula is C21H24ClNO4. The lowest BCUT2D eigenvalue weighted by Crippen LogP contribution is -2.38. The van der Waals surface area contributed by atoms with E-state index in [1.807, 2.05) is 0 Å². The minimum absolute atomic E-state index is 0.0783. The lowest BCUT2D eigenvalue weighted by atomic mass is 9.89. The van der Waals surface area contributed by atoms with Crippen LogP contribution in [0, 0.1) is 5.92 Å². The Labute approximate surface area is 164 Å². The van der Waals surface area contributed by atoms with Crippen LogP contribution in [0.1, 0.15) is 28.8 Å². The Hall–Kier alpha value is -2.24. The second-order valence-corrected chi connectivity index (χ2v) is 7.21. The quantitative estimate of drug-likeness (QED) is 0.752. The molecule has 0 radical (unpaired) electrons. The van der Waals surface area contributed by atoms with Gasteiger partial charge in [-0.2, -0.15) is 0 Å². The number of ketones is 1. The van der Waals surface area contributed by atoms with E-state index in [2.05, 4.69) is 4.90 Å². The number of carbonyl (C=O) groups is 1. The molecule has 27 heavy (non-hydrogen) atoms. The number of rotatable bonds is 6. The summed E-state index contributed by atoms with van der Waals surface area (Å²) in [5, 5.41) is 10.6. The van der Waals surface area contributed by atoms with E-state index in [4.69, 9.17) is 21.1 Å². The standard InChI is InChI=1S/C21H24ClNO4/c1-26-17-6-7-18(20(11-17)27-2)21(25)14-4-3-9-23(12-14)13-15-10-16(22)5-8-19(15)24/h5-8,10-11,14,24H,3-4,9,12-13H2,1-2H3/t14-/m0/s1. The molecule has 1 N–H and O–H groups in total. The fourth-order valence-electron chi connectivity index (χ4n) is 3.56. The highest BCUT2D eigenvalue weighted by Gasteiger charge is 2.28. The van der Waals surface area contributed by atoms with Gasteiger partial charge in [0.2, 0.25) is 0 Å². The number of likely N-dealkylation sites (tertiary alicyclic amines) is 1. The zero-order chi connectivity index (χ0) is 19.4. The van der Waals surface area contributed by atoms with E-state index in [1.54, 1.807) is 50.6 Å². The zero-order valence-corrected chi connectivity index (χ0v) is 16.3. The Bertz CT molecular complexity index is 824. The highest BCUT2D eigenvalue weighted by Crippen LogP contribution is 2.31. The van der Waals surface area contributed by atoms with E-state index in [1.165, 1.54) is 0 Å². The highest BCUT2D eigenvalue weighted by molar-refractivity contribution is 6.30. The maximum absolute atomic E-state index is 13.1. The van der Waals surface area contributed by atoms with E-state index >= 15 is 0 Å². The van der Waals surface area contributed by atoms with Crippen molar-refractivity contribution in [1.82, 2.24) is 4.90 Å². The SMILES string of the molecule is COc1ccc(C(=O)[C@H]2CCCN(Cc3cc(Cl)ccc3O)C2)c(OC)c1. The second kappa shape index (κ2) is 8.63. The second-order valence-electron chi connectivity index (χ2n) is 6.78. The summed E-state index contributed by atoms with van der Waals surface area (Å²) in [5.74, 6) is 1.38. The lowest BCUT2D eigenvalue weighted by molar-refractivity contribution is 0.0808. The van der Waals surface area contributed by atoms with Gasteiger partial charge in [-0.3, -0.25) is 9.69 Å². The minimum Gasteiger partial charge on any atom is -0.508 e. The van der Waals surface area contributed by atoms with Crippen LogP contribution < -0.4 is 9.47 Å². The Kier molecular flexibility index (Phi) is 6.24. The number of benzene rings is 2. The maximum Gasteiger partial charge on any atom is 0.170 e. The van der Waals surface area contributed by atoms with Crippen LogP contribution in [0.25, 0.3) is 0 Å². The van der Waals surface area contributed by atoms with E-state index in [0.29, 0.717) is 35.2 Å². The van der Waals surface area contributed by atoms with Gasteiger partial charge in [0.15, 0.2) is 5.78 Å². The molecule has 1 aliphatic rings. The van der Waals surface area contributed by atoms with Crippen molar-refractivity contribution in [3.63, 3.8) is 0 Å². The molecule has 0 amide bonds. The number of phenolic OH excluding ortho intramolecular Hbond substituents is 1. The molecule has 144 valence electrons. The molecule has 0 aliphatic carbocycles. The van der Waals surface area contributed by atoms with Crippen molar-refractivity contribution in [2.75, 3.05) is 27.3 Å². The lowest BCUT2D eigenvalue weighted by Gasteiger charge is -2.32. The van der Waals surface area contributed by atoms with E-state index in [9.17, 15) is 9.90 Å². The first-order valence-electron chi connectivity index (χ1n) is 8.97. The Morgan fingerprint density at radius 1 is 1.22 bits per heavy atom. The van der Waals surface area contributed by atoms with Crippen molar-refractivity contribution in [1.29, 1.82) is 0 Å². The van der Waals surface area contributed by atoms with Gasteiger partial charge in [-0.15, -0.1) is 0 Å². The third-order valence-electron chi connectivity index (χ3n) is 4.99. The van der Waals surface area contributed by atoms with Gasteiger partial charge in [-0.1, -0.05) is 11.6 Å². The summed E-state index contributed by atoms with van der Waals surface area (Å²) in [6.07, 6.45) is 1.77. The van der Waals surface area contributed by atoms with Gasteiger partial charge in [0.1, 0.15) is 17.2 Å². The van der Waals surface area contributed by atoms with Gasteiger partial charge in [0.25, 0.3) is 0 Å². The van der Waals surface area contributed by atoms with Crippen LogP contribution in [0.5, 0.6) is 17.2 Å². The number of methoxy groups -OCH3 is 2. The van der Waals surface area contributed by atoms with Crippen molar-refractivity contribution >= 4 is 17.4 Å². The molecule has 0 saturated carbocycles. The summed E-state index contributed by atoms with van der Waals surface area (Å²) in [6, 6.07) is 10.3. The molecule has 1 heterocycles. The molecule has 2 aromatic carbocycles. The molecule has 3 rings (SSSR count). The Morgan fingerprint density at radius 3 is 2.78 bits per heavy atom. The van der Waals surface area contributed by atoms with Crippen LogP contribution in [-0.4, -0.2) is 43.1 Å². The van der Waals surface area contributed by atoms with Crippen molar-refractivity contribution in [3.8, 4) is 17.2 Å². The summed E-state index contributed by atoms with van der Waals surface area (Å²) in [4.78, 5) is 15.3. The van der Waals surface area contributed by atoms with Crippen molar-refractivity contribution < 1.29 is 19.4 Å². The first-order chi connectivity index (χ1) is 13.0. The number of nitrogens with zero attached hydrogens (tertiary/aromatic N) is 1. The van der Waals surface area contributed by atoms with Gasteiger partial charge in [-0.05, 0) is 49.7 Å². The number of aromatic hydroxyl groups is 1. The van der Waals surface area contributed by atoms with Crippen LogP contribution in [0.2, 0.25) is 5.02 Å². The number of Topliss-reactive ketones (excluding diaryl/α,β-unsaturated/α-hetero) is 1. The summed E-state index contributed by atoms with van der Waals surface area (Å²) in [7, 11) is 3.14. The van der Waals surface area contributed by atoms with Crippen LogP contribution >= 0.6 is 11.6 Å². The molecule has 1 fully saturated rings. The van der Waals surface area contributed by atoms with Crippen LogP contribution in [-0.2, 0) is 6.54 Å². The third kappa shape index (κ3) is 4.54. The molecule has 0 spiro atoms. The van der Waals surface area contributed by atoms with Crippen molar-refractivity contribution in [3.05, 3.63) is 52.5 Å². The fraction of sp³-hybridized carbons (Fsp3) is 0.381. The largest absolute Gasteiger partial charge is 0.508 e. The molecule has 6 heteroatoms. The van der Waals surface area contributed by atoms with Gasteiger partial charge < -0.3 is 14.6 Å². The van der Waals surface area contributed by atoms with Crippen LogP contribution in [0.15, 0.2) is 36.4 Å². The average molecular weight is 390 g/mol. The number of carbonyl (C=O) groups excluding carboxylic acids is 1. The minimum atomic E-state index is -0.109. The van der Waals surface area contributed by atoms with Crippen molar-refractivity contribution in [2.45, 2.75) is 19.4 Å².